The van der Waals surface area contributed by atoms with Crippen LogP contribution in [0.25, 0.3) is 0 Å². The van der Waals surface area contributed by atoms with E-state index in [2.05, 4.69) is 13.8 Å². The van der Waals surface area contributed by atoms with Gasteiger partial charge in [-0.3, -0.25) is 4.79 Å². The van der Waals surface area contributed by atoms with Crippen molar-refractivity contribution in [2.45, 2.75) is 37.0 Å². The lowest BCUT2D eigenvalue weighted by Crippen LogP contribution is -2.57. The van der Waals surface area contributed by atoms with E-state index in [0.717, 1.165) is 5.75 Å². The minimum atomic E-state index is -0.769. The molecule has 0 aromatic heterocycles. The van der Waals surface area contributed by atoms with E-state index in [4.69, 9.17) is 11.5 Å². The van der Waals surface area contributed by atoms with Crippen LogP contribution < -0.4 is 11.5 Å². The van der Waals surface area contributed by atoms with Crippen molar-refractivity contribution in [3.63, 3.8) is 0 Å². The molecule has 1 amide bonds. The van der Waals surface area contributed by atoms with E-state index >= 15 is 0 Å². The predicted octanol–water partition coefficient (Wildman–Crippen LogP) is 0.475. The molecule has 1 unspecified atom stereocenters. The lowest BCUT2D eigenvalue weighted by atomic mass is 9.85. The fourth-order valence-corrected chi connectivity index (χ4v) is 3.00. The molecule has 0 aromatic carbocycles. The van der Waals surface area contributed by atoms with Crippen molar-refractivity contribution >= 4 is 17.7 Å². The normalized spacial score (nSPS) is 34.6. The number of carbonyl (C=O) groups excluding carboxylic acids is 1. The van der Waals surface area contributed by atoms with Gasteiger partial charge < -0.3 is 11.5 Å². The SMILES string of the molecule is CC1(C)CC(N)(C(N)=O)CCS1. The summed E-state index contributed by atoms with van der Waals surface area (Å²) in [4.78, 5) is 11.1. The summed E-state index contributed by atoms with van der Waals surface area (Å²) in [6.45, 7) is 4.20. The van der Waals surface area contributed by atoms with E-state index in [1.165, 1.54) is 0 Å². The Hall–Kier alpha value is -0.220. The van der Waals surface area contributed by atoms with Crippen LogP contribution in [0.5, 0.6) is 0 Å². The minimum Gasteiger partial charge on any atom is -0.368 e. The van der Waals surface area contributed by atoms with Gasteiger partial charge in [0.15, 0.2) is 0 Å². The third-order valence-corrected chi connectivity index (χ3v) is 3.61. The van der Waals surface area contributed by atoms with Gasteiger partial charge in [0.1, 0.15) is 0 Å². The number of hydrogen-bond donors (Lipinski definition) is 2. The van der Waals surface area contributed by atoms with Crippen molar-refractivity contribution in [1.82, 2.24) is 0 Å². The summed E-state index contributed by atoms with van der Waals surface area (Å²) in [5.41, 5.74) is 10.4. The van der Waals surface area contributed by atoms with E-state index in [1.54, 1.807) is 0 Å². The van der Waals surface area contributed by atoms with E-state index < -0.39 is 5.54 Å². The Morgan fingerprint density at radius 2 is 2.08 bits per heavy atom. The van der Waals surface area contributed by atoms with Crippen molar-refractivity contribution < 1.29 is 4.79 Å². The molecule has 0 bridgehead atoms. The first-order chi connectivity index (χ1) is 5.36. The molecule has 1 rings (SSSR count). The van der Waals surface area contributed by atoms with Gasteiger partial charge in [0.05, 0.1) is 5.54 Å². The lowest BCUT2D eigenvalue weighted by molar-refractivity contribution is -0.123. The first-order valence-electron chi connectivity index (χ1n) is 4.08. The molecule has 4 N–H and O–H groups in total. The summed E-state index contributed by atoms with van der Waals surface area (Å²) in [5, 5.41) is 0. The quantitative estimate of drug-likeness (QED) is 0.628. The van der Waals surface area contributed by atoms with Gasteiger partial charge in [-0.05, 0) is 18.6 Å². The standard InChI is InChI=1S/C8H16N2OS/c1-7(2)5-8(10,6(9)11)3-4-12-7/h3-5,10H2,1-2H3,(H2,9,11). The Bertz CT molecular complexity index is 205. The topological polar surface area (TPSA) is 69.1 Å². The van der Waals surface area contributed by atoms with E-state index in [0.29, 0.717) is 12.8 Å². The molecule has 1 aliphatic heterocycles. The maximum atomic E-state index is 11.1. The summed E-state index contributed by atoms with van der Waals surface area (Å²) in [6, 6.07) is 0. The molecule has 1 heterocycles. The number of rotatable bonds is 1. The summed E-state index contributed by atoms with van der Waals surface area (Å²) in [7, 11) is 0. The average Bonchev–Trinajstić information content (AvgIpc) is 1.83. The Kier molecular flexibility index (Phi) is 2.40. The molecule has 0 aliphatic carbocycles. The Morgan fingerprint density at radius 3 is 2.42 bits per heavy atom. The molecule has 1 saturated heterocycles. The lowest BCUT2D eigenvalue weighted by Gasteiger charge is -2.39. The van der Waals surface area contributed by atoms with Gasteiger partial charge in [-0.15, -0.1) is 0 Å². The van der Waals surface area contributed by atoms with Crippen LogP contribution in [0.2, 0.25) is 0 Å². The number of thioether (sulfide) groups is 1. The highest BCUT2D eigenvalue weighted by Gasteiger charge is 2.41. The van der Waals surface area contributed by atoms with Crippen LogP contribution in [0.4, 0.5) is 0 Å². The second-order valence-electron chi connectivity index (χ2n) is 4.06. The van der Waals surface area contributed by atoms with Crippen LogP contribution in [0.15, 0.2) is 0 Å². The molecule has 3 nitrogen and oxygen atoms in total. The molecule has 0 spiro atoms. The summed E-state index contributed by atoms with van der Waals surface area (Å²) in [5.74, 6) is 0.558. The van der Waals surface area contributed by atoms with Crippen molar-refractivity contribution in [2.24, 2.45) is 11.5 Å². The fourth-order valence-electron chi connectivity index (χ4n) is 1.62. The van der Waals surface area contributed by atoms with Crippen LogP contribution in [0.3, 0.4) is 0 Å². The maximum absolute atomic E-state index is 11.1. The second-order valence-corrected chi connectivity index (χ2v) is 5.86. The molecule has 1 atom stereocenters. The van der Waals surface area contributed by atoms with E-state index in [1.807, 2.05) is 11.8 Å². The molecular weight excluding hydrogens is 172 g/mol. The Balaban J connectivity index is 2.74. The highest BCUT2D eigenvalue weighted by molar-refractivity contribution is 8.00. The fraction of sp³-hybridized carbons (Fsp3) is 0.875. The van der Waals surface area contributed by atoms with Gasteiger partial charge in [0.25, 0.3) is 0 Å². The van der Waals surface area contributed by atoms with Gasteiger partial charge in [0.2, 0.25) is 5.91 Å². The van der Waals surface area contributed by atoms with Gasteiger partial charge in [-0.2, -0.15) is 11.8 Å². The zero-order valence-corrected chi connectivity index (χ0v) is 8.41. The number of amides is 1. The highest BCUT2D eigenvalue weighted by atomic mass is 32.2. The van der Waals surface area contributed by atoms with Gasteiger partial charge in [0, 0.05) is 4.75 Å². The molecule has 1 fully saturated rings. The van der Waals surface area contributed by atoms with E-state index in [9.17, 15) is 4.79 Å². The Labute approximate surface area is 77.3 Å². The molecule has 0 radical (unpaired) electrons. The van der Waals surface area contributed by atoms with Crippen LogP contribution in [-0.4, -0.2) is 21.9 Å². The first kappa shape index (κ1) is 9.86. The minimum absolute atomic E-state index is 0.0853. The third kappa shape index (κ3) is 1.93. The van der Waals surface area contributed by atoms with Gasteiger partial charge >= 0.3 is 0 Å². The van der Waals surface area contributed by atoms with Gasteiger partial charge in [-0.1, -0.05) is 13.8 Å². The van der Waals surface area contributed by atoms with Crippen LogP contribution >= 0.6 is 11.8 Å². The van der Waals surface area contributed by atoms with Crippen molar-refractivity contribution in [1.29, 1.82) is 0 Å². The van der Waals surface area contributed by atoms with Crippen molar-refractivity contribution in [2.75, 3.05) is 5.75 Å². The molecular formula is C8H16N2OS. The Morgan fingerprint density at radius 1 is 1.50 bits per heavy atom. The molecule has 0 saturated carbocycles. The number of carbonyl (C=O) groups is 1. The molecule has 0 aromatic rings. The van der Waals surface area contributed by atoms with E-state index in [-0.39, 0.29) is 10.7 Å². The third-order valence-electron chi connectivity index (χ3n) is 2.27. The summed E-state index contributed by atoms with van der Waals surface area (Å²) in [6.07, 6.45) is 1.39. The zero-order valence-electron chi connectivity index (χ0n) is 7.59. The zero-order chi connectivity index (χ0) is 9.41. The number of nitrogens with two attached hydrogens (primary N) is 2. The van der Waals surface area contributed by atoms with Crippen LogP contribution in [0.1, 0.15) is 26.7 Å². The first-order valence-corrected chi connectivity index (χ1v) is 5.07. The van der Waals surface area contributed by atoms with Gasteiger partial charge in [-0.25, -0.2) is 0 Å². The smallest absolute Gasteiger partial charge is 0.237 e. The average molecular weight is 188 g/mol. The molecule has 12 heavy (non-hydrogen) atoms. The summed E-state index contributed by atoms with van der Waals surface area (Å²) >= 11 is 1.85. The number of primary amides is 1. The maximum Gasteiger partial charge on any atom is 0.237 e. The molecule has 4 heteroatoms. The number of hydrogen-bond acceptors (Lipinski definition) is 3. The monoisotopic (exact) mass is 188 g/mol. The van der Waals surface area contributed by atoms with Crippen LogP contribution in [0, 0.1) is 0 Å². The van der Waals surface area contributed by atoms with Crippen LogP contribution in [-0.2, 0) is 4.79 Å². The molecule has 70 valence electrons. The molecule has 1 aliphatic rings. The summed E-state index contributed by atoms with van der Waals surface area (Å²) < 4.78 is 0.0853. The largest absolute Gasteiger partial charge is 0.368 e. The highest BCUT2D eigenvalue weighted by Crippen LogP contribution is 2.39. The predicted molar refractivity (Wildman–Crippen MR) is 51.9 cm³/mol. The van der Waals surface area contributed by atoms with Crippen molar-refractivity contribution in [3.05, 3.63) is 0 Å². The second kappa shape index (κ2) is 2.92. The van der Waals surface area contributed by atoms with Crippen molar-refractivity contribution in [3.8, 4) is 0 Å².